The molecule has 0 aliphatic heterocycles. The number of nitrogens with zero attached hydrogens (tertiary/aromatic N) is 2. The number of benzene rings is 2. The van der Waals surface area contributed by atoms with E-state index in [1.165, 1.54) is 0 Å². The minimum absolute atomic E-state index is 0.440. The minimum atomic E-state index is -0.440. The Morgan fingerprint density at radius 2 is 1.56 bits per heavy atom. The number of hydrogen-bond donors (Lipinski definition) is 0. The van der Waals surface area contributed by atoms with Crippen LogP contribution in [0.1, 0.15) is 0 Å². The number of hydrazine groups is 1. The third-order valence-corrected chi connectivity index (χ3v) is 2.11. The van der Waals surface area contributed by atoms with E-state index in [4.69, 9.17) is 0 Å². The Morgan fingerprint density at radius 1 is 1.00 bits per heavy atom. The highest BCUT2D eigenvalue weighted by atomic mass is 16.7. The van der Waals surface area contributed by atoms with E-state index in [0.29, 0.717) is 11.4 Å². The smallest absolute Gasteiger partial charge is 0.170 e. The van der Waals surface area contributed by atoms with Crippen LogP contribution < -0.4 is 5.01 Å². The highest BCUT2D eigenvalue weighted by molar-refractivity contribution is 5.59. The molecule has 0 spiro atoms. The second-order valence-corrected chi connectivity index (χ2v) is 3.14. The molecule has 16 heavy (non-hydrogen) atoms. The standard InChI is InChI=1S/C12H9N2O2/c15-14(16)13(11-7-3-1-4-8-11)12-9-5-2-6-10-12/h1,3-10H. The Balaban J connectivity index is 2.44. The van der Waals surface area contributed by atoms with Crippen molar-refractivity contribution in [2.75, 3.05) is 5.01 Å². The van der Waals surface area contributed by atoms with Crippen LogP contribution in [0.5, 0.6) is 0 Å². The highest BCUT2D eigenvalue weighted by Crippen LogP contribution is 2.24. The summed E-state index contributed by atoms with van der Waals surface area (Å²) in [6.07, 6.45) is 0. The summed E-state index contributed by atoms with van der Waals surface area (Å²) in [5, 5.41) is 11.6. The predicted molar refractivity (Wildman–Crippen MR) is 60.9 cm³/mol. The number of rotatable bonds is 3. The van der Waals surface area contributed by atoms with Crippen molar-refractivity contribution < 1.29 is 5.03 Å². The fourth-order valence-electron chi connectivity index (χ4n) is 1.43. The molecule has 0 aromatic heterocycles. The van der Waals surface area contributed by atoms with E-state index < -0.39 is 5.03 Å². The lowest BCUT2D eigenvalue weighted by Gasteiger charge is -2.13. The van der Waals surface area contributed by atoms with Gasteiger partial charge < -0.3 is 0 Å². The summed E-state index contributed by atoms with van der Waals surface area (Å²) >= 11 is 0. The van der Waals surface area contributed by atoms with Gasteiger partial charge >= 0.3 is 0 Å². The molecule has 1 radical (unpaired) electrons. The van der Waals surface area contributed by atoms with Gasteiger partial charge in [0, 0.05) is 0 Å². The van der Waals surface area contributed by atoms with Gasteiger partial charge in [-0.25, -0.2) is 10.1 Å². The Kier molecular flexibility index (Phi) is 2.82. The molecule has 0 aliphatic carbocycles. The molecule has 0 unspecified atom stereocenters. The average molecular weight is 213 g/mol. The first-order chi connectivity index (χ1) is 7.79. The van der Waals surface area contributed by atoms with Crippen LogP contribution in [0.2, 0.25) is 0 Å². The summed E-state index contributed by atoms with van der Waals surface area (Å²) < 4.78 is 0. The molecular weight excluding hydrogens is 204 g/mol. The highest BCUT2D eigenvalue weighted by Gasteiger charge is 2.18. The summed E-state index contributed by atoms with van der Waals surface area (Å²) in [4.78, 5) is 11.0. The first-order valence-corrected chi connectivity index (χ1v) is 4.74. The minimum Gasteiger partial charge on any atom is -0.234 e. The third-order valence-electron chi connectivity index (χ3n) is 2.11. The summed E-state index contributed by atoms with van der Waals surface area (Å²) in [5.74, 6) is 0. The van der Waals surface area contributed by atoms with Gasteiger partial charge in [-0.15, -0.1) is 0 Å². The molecule has 0 aliphatic rings. The van der Waals surface area contributed by atoms with Gasteiger partial charge in [-0.2, -0.15) is 0 Å². The molecule has 2 rings (SSSR count). The second-order valence-electron chi connectivity index (χ2n) is 3.14. The van der Waals surface area contributed by atoms with Crippen LogP contribution in [0.4, 0.5) is 11.4 Å². The molecule has 4 heteroatoms. The van der Waals surface area contributed by atoms with E-state index in [0.717, 1.165) is 5.01 Å². The van der Waals surface area contributed by atoms with Gasteiger partial charge in [0.2, 0.25) is 0 Å². The molecule has 0 saturated carbocycles. The molecule has 4 nitrogen and oxygen atoms in total. The van der Waals surface area contributed by atoms with Gasteiger partial charge in [0.05, 0.1) is 0 Å². The maximum atomic E-state index is 11.0. The van der Waals surface area contributed by atoms with Gasteiger partial charge in [0.1, 0.15) is 11.4 Å². The van der Waals surface area contributed by atoms with Gasteiger partial charge in [0.25, 0.3) is 0 Å². The summed E-state index contributed by atoms with van der Waals surface area (Å²) in [7, 11) is 0. The van der Waals surface area contributed by atoms with Gasteiger partial charge in [0.15, 0.2) is 5.03 Å². The molecule has 0 fully saturated rings. The van der Waals surface area contributed by atoms with Crippen LogP contribution >= 0.6 is 0 Å². The van der Waals surface area contributed by atoms with Crippen LogP contribution in [0.15, 0.2) is 54.6 Å². The van der Waals surface area contributed by atoms with Crippen LogP contribution in [0.3, 0.4) is 0 Å². The molecule has 0 bridgehead atoms. The molecule has 2 aromatic carbocycles. The van der Waals surface area contributed by atoms with E-state index in [1.807, 2.05) is 6.07 Å². The lowest BCUT2D eigenvalue weighted by atomic mass is 10.2. The van der Waals surface area contributed by atoms with E-state index in [9.17, 15) is 10.1 Å². The summed E-state index contributed by atoms with van der Waals surface area (Å²) in [6.45, 7) is 0. The molecular formula is C12H9N2O2. The second kappa shape index (κ2) is 4.44. The molecule has 0 saturated heterocycles. The number of nitro groups is 1. The Morgan fingerprint density at radius 3 is 2.12 bits per heavy atom. The maximum absolute atomic E-state index is 11.0. The maximum Gasteiger partial charge on any atom is 0.170 e. The zero-order valence-electron chi connectivity index (χ0n) is 8.41. The SMILES string of the molecule is O=[N+]([O-])N(c1cc[c]cc1)c1ccccc1. The van der Waals surface area contributed by atoms with Gasteiger partial charge in [-0.05, 0) is 30.3 Å². The van der Waals surface area contributed by atoms with Crippen molar-refractivity contribution in [1.29, 1.82) is 0 Å². The van der Waals surface area contributed by atoms with Crippen molar-refractivity contribution in [3.05, 3.63) is 70.8 Å². The number of para-hydroxylation sites is 1. The molecule has 0 atom stereocenters. The zero-order valence-corrected chi connectivity index (χ0v) is 8.41. The van der Waals surface area contributed by atoms with E-state index in [-0.39, 0.29) is 0 Å². The van der Waals surface area contributed by atoms with E-state index >= 15 is 0 Å². The Labute approximate surface area is 92.9 Å². The largest absolute Gasteiger partial charge is 0.234 e. The predicted octanol–water partition coefficient (Wildman–Crippen LogP) is 2.82. The normalized spacial score (nSPS) is 9.75. The monoisotopic (exact) mass is 213 g/mol. The topological polar surface area (TPSA) is 46.4 Å². The summed E-state index contributed by atoms with van der Waals surface area (Å²) in [5.41, 5.74) is 1.04. The molecule has 2 aromatic rings. The first-order valence-electron chi connectivity index (χ1n) is 4.74. The van der Waals surface area contributed by atoms with E-state index in [2.05, 4.69) is 6.07 Å². The van der Waals surface area contributed by atoms with Crippen LogP contribution in [-0.2, 0) is 0 Å². The Hall–Kier alpha value is -2.36. The summed E-state index contributed by atoms with van der Waals surface area (Å²) in [6, 6.07) is 18.2. The lowest BCUT2D eigenvalue weighted by Crippen LogP contribution is -2.23. The molecule has 0 N–H and O–H groups in total. The van der Waals surface area contributed by atoms with Gasteiger partial charge in [-0.3, -0.25) is 0 Å². The molecule has 0 heterocycles. The third kappa shape index (κ3) is 2.00. The van der Waals surface area contributed by atoms with E-state index in [1.54, 1.807) is 48.5 Å². The van der Waals surface area contributed by atoms with Crippen molar-refractivity contribution in [3.8, 4) is 0 Å². The van der Waals surface area contributed by atoms with Crippen molar-refractivity contribution in [1.82, 2.24) is 0 Å². The number of hydrogen-bond acceptors (Lipinski definition) is 2. The van der Waals surface area contributed by atoms with Crippen molar-refractivity contribution in [3.63, 3.8) is 0 Å². The van der Waals surface area contributed by atoms with Crippen LogP contribution in [0.25, 0.3) is 0 Å². The fraction of sp³-hybridized carbons (Fsp3) is 0. The van der Waals surface area contributed by atoms with Crippen molar-refractivity contribution >= 4 is 11.4 Å². The van der Waals surface area contributed by atoms with Crippen molar-refractivity contribution in [2.24, 2.45) is 0 Å². The lowest BCUT2D eigenvalue weighted by molar-refractivity contribution is -0.483. The molecule has 0 amide bonds. The zero-order chi connectivity index (χ0) is 11.4. The first kappa shape index (κ1) is 10.2. The van der Waals surface area contributed by atoms with Gasteiger partial charge in [-0.1, -0.05) is 35.3 Å². The van der Waals surface area contributed by atoms with Crippen LogP contribution in [0, 0.1) is 16.2 Å². The number of anilines is 2. The van der Waals surface area contributed by atoms with Crippen molar-refractivity contribution in [2.45, 2.75) is 0 Å². The molecule has 79 valence electrons. The Bertz CT molecular complexity index is 431. The fourth-order valence-corrected chi connectivity index (χ4v) is 1.43. The average Bonchev–Trinajstić information content (AvgIpc) is 2.31. The quantitative estimate of drug-likeness (QED) is 0.581. The van der Waals surface area contributed by atoms with Crippen LogP contribution in [-0.4, -0.2) is 5.03 Å².